The second kappa shape index (κ2) is 4.80. The van der Waals surface area contributed by atoms with E-state index in [1.165, 1.54) is 0 Å². The van der Waals surface area contributed by atoms with Crippen molar-refractivity contribution in [2.45, 2.75) is 26.0 Å². The normalized spacial score (nSPS) is 19.4. The van der Waals surface area contributed by atoms with Crippen LogP contribution in [0.1, 0.15) is 19.4 Å². The van der Waals surface area contributed by atoms with Crippen molar-refractivity contribution in [3.05, 3.63) is 22.8 Å². The Balaban J connectivity index is 2.22. The summed E-state index contributed by atoms with van der Waals surface area (Å²) < 4.78 is 5.68. The number of pyridine rings is 1. The third-order valence-corrected chi connectivity index (χ3v) is 3.23. The van der Waals surface area contributed by atoms with Crippen molar-refractivity contribution in [2.75, 3.05) is 24.6 Å². The van der Waals surface area contributed by atoms with E-state index in [1.807, 2.05) is 6.07 Å². The molecule has 1 aliphatic rings. The molecule has 2 heterocycles. The summed E-state index contributed by atoms with van der Waals surface area (Å²) in [5.41, 5.74) is 6.44. The number of anilines is 1. The molecule has 1 aromatic rings. The number of rotatable bonds is 2. The largest absolute Gasteiger partial charge is 0.372 e. The van der Waals surface area contributed by atoms with E-state index in [0.717, 1.165) is 31.1 Å². The highest BCUT2D eigenvalue weighted by molar-refractivity contribution is 6.31. The van der Waals surface area contributed by atoms with E-state index >= 15 is 0 Å². The van der Waals surface area contributed by atoms with Gasteiger partial charge in [0.05, 0.1) is 17.2 Å². The molecule has 17 heavy (non-hydrogen) atoms. The highest BCUT2D eigenvalue weighted by Crippen LogP contribution is 2.24. The molecule has 0 aliphatic carbocycles. The van der Waals surface area contributed by atoms with Gasteiger partial charge in [-0.2, -0.15) is 0 Å². The summed E-state index contributed by atoms with van der Waals surface area (Å²) >= 11 is 6.01. The third kappa shape index (κ3) is 2.89. The first kappa shape index (κ1) is 12.6. The Bertz CT molecular complexity index is 409. The summed E-state index contributed by atoms with van der Waals surface area (Å²) in [5, 5.41) is 0.628. The van der Waals surface area contributed by atoms with Crippen molar-refractivity contribution < 1.29 is 4.74 Å². The van der Waals surface area contributed by atoms with Crippen molar-refractivity contribution in [1.82, 2.24) is 4.98 Å². The van der Waals surface area contributed by atoms with Gasteiger partial charge in [0.25, 0.3) is 0 Å². The molecule has 0 radical (unpaired) electrons. The lowest BCUT2D eigenvalue weighted by molar-refractivity contribution is -0.0279. The predicted molar refractivity (Wildman–Crippen MR) is 69.4 cm³/mol. The molecule has 4 nitrogen and oxygen atoms in total. The van der Waals surface area contributed by atoms with Crippen LogP contribution in [0.25, 0.3) is 0 Å². The fourth-order valence-corrected chi connectivity index (χ4v) is 2.19. The summed E-state index contributed by atoms with van der Waals surface area (Å²) in [6, 6.07) is 1.96. The molecule has 0 aromatic carbocycles. The number of aromatic nitrogens is 1. The first-order valence-corrected chi connectivity index (χ1v) is 6.13. The maximum atomic E-state index is 6.01. The fourth-order valence-electron chi connectivity index (χ4n) is 2.01. The zero-order valence-corrected chi connectivity index (χ0v) is 11.0. The van der Waals surface area contributed by atoms with Gasteiger partial charge in [-0.3, -0.25) is 0 Å². The van der Waals surface area contributed by atoms with Crippen LogP contribution in [0.4, 0.5) is 5.82 Å². The first-order chi connectivity index (χ1) is 8.02. The van der Waals surface area contributed by atoms with Crippen LogP contribution in [0.2, 0.25) is 5.02 Å². The number of nitrogens with two attached hydrogens (primary N) is 1. The SMILES string of the molecule is CC1(C)CN(c2cc(CN)c(Cl)cn2)CCO1. The molecule has 0 unspecified atom stereocenters. The van der Waals surface area contributed by atoms with Crippen LogP contribution in [0.15, 0.2) is 12.3 Å². The minimum Gasteiger partial charge on any atom is -0.372 e. The molecule has 5 heteroatoms. The molecule has 1 aromatic heterocycles. The van der Waals surface area contributed by atoms with Crippen molar-refractivity contribution in [2.24, 2.45) is 5.73 Å². The Morgan fingerprint density at radius 1 is 1.59 bits per heavy atom. The number of morpholine rings is 1. The van der Waals surface area contributed by atoms with Crippen LogP contribution in [-0.4, -0.2) is 30.3 Å². The molecule has 2 rings (SSSR count). The monoisotopic (exact) mass is 255 g/mol. The smallest absolute Gasteiger partial charge is 0.129 e. The fraction of sp³-hybridized carbons (Fsp3) is 0.583. The summed E-state index contributed by atoms with van der Waals surface area (Å²) in [7, 11) is 0. The Morgan fingerprint density at radius 2 is 2.35 bits per heavy atom. The van der Waals surface area contributed by atoms with Crippen LogP contribution in [0, 0.1) is 0 Å². The van der Waals surface area contributed by atoms with Gasteiger partial charge >= 0.3 is 0 Å². The van der Waals surface area contributed by atoms with Crippen molar-refractivity contribution in [3.63, 3.8) is 0 Å². The zero-order chi connectivity index (χ0) is 12.5. The van der Waals surface area contributed by atoms with E-state index in [9.17, 15) is 0 Å². The van der Waals surface area contributed by atoms with E-state index in [-0.39, 0.29) is 5.60 Å². The Labute approximate surface area is 107 Å². The molecule has 0 atom stereocenters. The van der Waals surface area contributed by atoms with E-state index in [2.05, 4.69) is 23.7 Å². The molecule has 1 saturated heterocycles. The van der Waals surface area contributed by atoms with E-state index in [1.54, 1.807) is 6.20 Å². The van der Waals surface area contributed by atoms with Crippen LogP contribution in [0.5, 0.6) is 0 Å². The van der Waals surface area contributed by atoms with Gasteiger partial charge in [0, 0.05) is 25.8 Å². The maximum absolute atomic E-state index is 6.01. The predicted octanol–water partition coefficient (Wildman–Crippen LogP) is 1.81. The minimum atomic E-state index is -0.136. The lowest BCUT2D eigenvalue weighted by Crippen LogP contribution is -2.48. The molecule has 2 N–H and O–H groups in total. The van der Waals surface area contributed by atoms with Gasteiger partial charge in [0.15, 0.2) is 0 Å². The number of hydrogen-bond acceptors (Lipinski definition) is 4. The molecular weight excluding hydrogens is 238 g/mol. The number of ether oxygens (including phenoxy) is 1. The van der Waals surface area contributed by atoms with Gasteiger partial charge in [0.1, 0.15) is 5.82 Å². The Kier molecular flexibility index (Phi) is 3.56. The molecule has 0 bridgehead atoms. The quantitative estimate of drug-likeness (QED) is 0.876. The van der Waals surface area contributed by atoms with E-state index < -0.39 is 0 Å². The molecule has 1 fully saturated rings. The van der Waals surface area contributed by atoms with Gasteiger partial charge in [-0.1, -0.05) is 11.6 Å². The van der Waals surface area contributed by atoms with Crippen LogP contribution in [0.3, 0.4) is 0 Å². The lowest BCUT2D eigenvalue weighted by Gasteiger charge is -2.38. The molecule has 0 amide bonds. The second-order valence-electron chi connectivity index (χ2n) is 4.87. The second-order valence-corrected chi connectivity index (χ2v) is 5.27. The molecule has 0 saturated carbocycles. The average molecular weight is 256 g/mol. The summed E-state index contributed by atoms with van der Waals surface area (Å²) in [4.78, 5) is 6.57. The van der Waals surface area contributed by atoms with Crippen LogP contribution in [-0.2, 0) is 11.3 Å². The molecule has 0 spiro atoms. The third-order valence-electron chi connectivity index (χ3n) is 2.89. The van der Waals surface area contributed by atoms with Gasteiger partial charge in [-0.15, -0.1) is 0 Å². The average Bonchev–Trinajstić information content (AvgIpc) is 2.28. The van der Waals surface area contributed by atoms with Crippen molar-refractivity contribution in [3.8, 4) is 0 Å². The van der Waals surface area contributed by atoms with Gasteiger partial charge in [-0.05, 0) is 25.5 Å². The number of nitrogens with zero attached hydrogens (tertiary/aromatic N) is 2. The standard InChI is InChI=1S/C12H18ClN3O/c1-12(2)8-16(3-4-17-12)11-5-9(6-14)10(13)7-15-11/h5,7H,3-4,6,8,14H2,1-2H3. The topological polar surface area (TPSA) is 51.4 Å². The lowest BCUT2D eigenvalue weighted by atomic mass is 10.1. The van der Waals surface area contributed by atoms with Gasteiger partial charge in [0.2, 0.25) is 0 Å². The Hall–Kier alpha value is -0.840. The van der Waals surface area contributed by atoms with Crippen LogP contribution < -0.4 is 10.6 Å². The van der Waals surface area contributed by atoms with Crippen molar-refractivity contribution >= 4 is 17.4 Å². The first-order valence-electron chi connectivity index (χ1n) is 5.75. The van der Waals surface area contributed by atoms with E-state index in [4.69, 9.17) is 22.1 Å². The summed E-state index contributed by atoms with van der Waals surface area (Å²) in [5.74, 6) is 0.922. The van der Waals surface area contributed by atoms with Gasteiger partial charge < -0.3 is 15.4 Å². The highest BCUT2D eigenvalue weighted by atomic mass is 35.5. The van der Waals surface area contributed by atoms with Crippen molar-refractivity contribution in [1.29, 1.82) is 0 Å². The van der Waals surface area contributed by atoms with E-state index in [0.29, 0.717) is 11.6 Å². The van der Waals surface area contributed by atoms with Crippen LogP contribution >= 0.6 is 11.6 Å². The number of halogens is 1. The Morgan fingerprint density at radius 3 is 3.00 bits per heavy atom. The number of hydrogen-bond donors (Lipinski definition) is 1. The molecule has 94 valence electrons. The minimum absolute atomic E-state index is 0.136. The maximum Gasteiger partial charge on any atom is 0.129 e. The molecular formula is C12H18ClN3O. The van der Waals surface area contributed by atoms with Gasteiger partial charge in [-0.25, -0.2) is 4.98 Å². The molecule has 1 aliphatic heterocycles. The summed E-state index contributed by atoms with van der Waals surface area (Å²) in [6.07, 6.45) is 1.67. The highest BCUT2D eigenvalue weighted by Gasteiger charge is 2.28. The summed E-state index contributed by atoms with van der Waals surface area (Å²) in [6.45, 7) is 6.99. The zero-order valence-electron chi connectivity index (χ0n) is 10.2.